The lowest BCUT2D eigenvalue weighted by Crippen LogP contribution is -2.51. The number of piperazine rings is 1. The van der Waals surface area contributed by atoms with E-state index in [9.17, 15) is 14.4 Å². The van der Waals surface area contributed by atoms with Gasteiger partial charge in [-0.05, 0) is 23.9 Å². The second-order valence-electron chi connectivity index (χ2n) is 7.28. The number of carbonyl (C=O) groups is 3. The minimum Gasteiger partial charge on any atom is -0.378 e. The summed E-state index contributed by atoms with van der Waals surface area (Å²) in [6, 6.07) is 1.71. The van der Waals surface area contributed by atoms with Crippen LogP contribution in [0.25, 0.3) is 6.08 Å². The molecule has 4 heterocycles. The van der Waals surface area contributed by atoms with Crippen LogP contribution in [0, 0.1) is 0 Å². The second kappa shape index (κ2) is 9.11. The van der Waals surface area contributed by atoms with Crippen molar-refractivity contribution >= 4 is 40.8 Å². The molecule has 0 aliphatic carbocycles. The summed E-state index contributed by atoms with van der Waals surface area (Å²) in [4.78, 5) is 52.6. The van der Waals surface area contributed by atoms with Crippen LogP contribution in [0.3, 0.4) is 0 Å². The van der Waals surface area contributed by atoms with Gasteiger partial charge in [-0.1, -0.05) is 0 Å². The number of rotatable bonds is 4. The molecule has 3 fully saturated rings. The highest BCUT2D eigenvalue weighted by Crippen LogP contribution is 2.30. The molecule has 0 unspecified atom stereocenters. The largest absolute Gasteiger partial charge is 0.378 e. The van der Waals surface area contributed by atoms with E-state index in [2.05, 4.69) is 19.8 Å². The molecule has 10 nitrogen and oxygen atoms in total. The number of aromatic nitrogens is 2. The van der Waals surface area contributed by atoms with Crippen LogP contribution in [0.2, 0.25) is 0 Å². The molecule has 3 saturated heterocycles. The third-order valence-electron chi connectivity index (χ3n) is 5.31. The van der Waals surface area contributed by atoms with E-state index in [1.807, 2.05) is 4.90 Å². The Morgan fingerprint density at radius 3 is 2.57 bits per heavy atom. The number of nitrogens with zero attached hydrogens (tertiary/aromatic N) is 6. The molecular weight excluding hydrogens is 408 g/mol. The van der Waals surface area contributed by atoms with E-state index in [4.69, 9.17) is 4.74 Å². The van der Waals surface area contributed by atoms with E-state index in [1.54, 1.807) is 18.3 Å². The Bertz CT molecular complexity index is 864. The summed E-state index contributed by atoms with van der Waals surface area (Å²) in [7, 11) is 1.47. The lowest BCUT2D eigenvalue weighted by atomic mass is 10.3. The number of hydrogen-bond donors (Lipinski definition) is 0. The van der Waals surface area contributed by atoms with Gasteiger partial charge in [-0.25, -0.2) is 9.97 Å². The van der Waals surface area contributed by atoms with Crippen LogP contribution in [0.15, 0.2) is 17.2 Å². The third kappa shape index (κ3) is 4.63. The predicted octanol–water partition coefficient (Wildman–Crippen LogP) is 0.124. The molecule has 0 radical (unpaired) electrons. The Morgan fingerprint density at radius 1 is 1.17 bits per heavy atom. The van der Waals surface area contributed by atoms with Crippen molar-refractivity contribution in [2.45, 2.75) is 0 Å². The minimum absolute atomic E-state index is 0.148. The number of morpholine rings is 1. The van der Waals surface area contributed by atoms with Gasteiger partial charge < -0.3 is 14.5 Å². The molecule has 0 bridgehead atoms. The van der Waals surface area contributed by atoms with Crippen molar-refractivity contribution in [2.75, 3.05) is 71.0 Å². The highest BCUT2D eigenvalue weighted by molar-refractivity contribution is 8.18. The first kappa shape index (κ1) is 20.8. The number of anilines is 1. The fraction of sp³-hybridized carbons (Fsp3) is 0.526. The molecule has 3 aliphatic rings. The van der Waals surface area contributed by atoms with Crippen LogP contribution in [0.1, 0.15) is 5.69 Å². The molecule has 0 N–H and O–H groups in total. The average molecular weight is 433 g/mol. The number of imide groups is 1. The standard InChI is InChI=1S/C19H24N6O4S/c1-22-17(27)15(30-19(22)28)12-14-2-3-20-18(21-14)25-6-4-23(5-7-25)13-16(26)24-8-10-29-11-9-24/h2-3,12H,4-11,13H2,1H3/b15-12-. The van der Waals surface area contributed by atoms with Gasteiger partial charge in [0.05, 0.1) is 30.4 Å². The van der Waals surface area contributed by atoms with Crippen LogP contribution >= 0.6 is 11.8 Å². The number of likely N-dealkylation sites (N-methyl/N-ethyl adjacent to an activating group) is 1. The lowest BCUT2D eigenvalue weighted by Gasteiger charge is -2.36. The molecule has 11 heteroatoms. The van der Waals surface area contributed by atoms with Gasteiger partial charge in [-0.15, -0.1) is 0 Å². The van der Waals surface area contributed by atoms with Crippen LogP contribution < -0.4 is 4.90 Å². The maximum Gasteiger partial charge on any atom is 0.293 e. The van der Waals surface area contributed by atoms with Crippen molar-refractivity contribution < 1.29 is 19.1 Å². The Hall–Kier alpha value is -2.50. The van der Waals surface area contributed by atoms with Gasteiger partial charge in [0.1, 0.15) is 0 Å². The van der Waals surface area contributed by atoms with E-state index in [-0.39, 0.29) is 17.1 Å². The molecular formula is C19H24N6O4S. The molecule has 0 aromatic carbocycles. The summed E-state index contributed by atoms with van der Waals surface area (Å²) in [6.45, 7) is 5.89. The molecule has 0 saturated carbocycles. The summed E-state index contributed by atoms with van der Waals surface area (Å²) in [5, 5.41) is -0.289. The quantitative estimate of drug-likeness (QED) is 0.615. The van der Waals surface area contributed by atoms with Crippen molar-refractivity contribution in [1.82, 2.24) is 24.7 Å². The van der Waals surface area contributed by atoms with E-state index >= 15 is 0 Å². The highest BCUT2D eigenvalue weighted by Gasteiger charge is 2.32. The summed E-state index contributed by atoms with van der Waals surface area (Å²) >= 11 is 0.910. The molecule has 3 aliphatic heterocycles. The number of hydrogen-bond acceptors (Lipinski definition) is 9. The number of amides is 3. The maximum absolute atomic E-state index is 12.4. The zero-order chi connectivity index (χ0) is 21.1. The lowest BCUT2D eigenvalue weighted by molar-refractivity contribution is -0.136. The number of carbonyl (C=O) groups excluding carboxylic acids is 3. The van der Waals surface area contributed by atoms with Gasteiger partial charge in [0, 0.05) is 52.5 Å². The Morgan fingerprint density at radius 2 is 1.90 bits per heavy atom. The van der Waals surface area contributed by atoms with Crippen molar-refractivity contribution in [1.29, 1.82) is 0 Å². The first-order valence-corrected chi connectivity index (χ1v) is 10.7. The normalized spacial score (nSPS) is 22.3. The fourth-order valence-corrected chi connectivity index (χ4v) is 4.30. The van der Waals surface area contributed by atoms with Gasteiger partial charge in [-0.2, -0.15) is 0 Å². The monoisotopic (exact) mass is 432 g/mol. The molecule has 30 heavy (non-hydrogen) atoms. The van der Waals surface area contributed by atoms with Crippen LogP contribution in [-0.4, -0.2) is 108 Å². The van der Waals surface area contributed by atoms with E-state index in [0.717, 1.165) is 29.8 Å². The predicted molar refractivity (Wildman–Crippen MR) is 112 cm³/mol. The van der Waals surface area contributed by atoms with Crippen molar-refractivity contribution in [3.8, 4) is 0 Å². The topological polar surface area (TPSA) is 99.2 Å². The van der Waals surface area contributed by atoms with Crippen molar-refractivity contribution in [2.24, 2.45) is 0 Å². The zero-order valence-electron chi connectivity index (χ0n) is 16.8. The zero-order valence-corrected chi connectivity index (χ0v) is 17.6. The molecule has 0 atom stereocenters. The van der Waals surface area contributed by atoms with Gasteiger partial charge in [0.15, 0.2) is 0 Å². The SMILES string of the molecule is CN1C(=O)S/C(=C\c2ccnc(N3CCN(CC(=O)N4CCOCC4)CC3)n2)C1=O. The van der Waals surface area contributed by atoms with Gasteiger partial charge >= 0.3 is 0 Å². The van der Waals surface area contributed by atoms with Gasteiger partial charge in [0.2, 0.25) is 11.9 Å². The van der Waals surface area contributed by atoms with Crippen LogP contribution in [0.5, 0.6) is 0 Å². The van der Waals surface area contributed by atoms with Crippen LogP contribution in [-0.2, 0) is 14.3 Å². The molecule has 4 rings (SSSR count). The van der Waals surface area contributed by atoms with Gasteiger partial charge in [0.25, 0.3) is 11.1 Å². The smallest absolute Gasteiger partial charge is 0.293 e. The van der Waals surface area contributed by atoms with Crippen molar-refractivity contribution in [3.63, 3.8) is 0 Å². The van der Waals surface area contributed by atoms with Crippen LogP contribution in [0.4, 0.5) is 10.7 Å². The average Bonchev–Trinajstić information content (AvgIpc) is 3.01. The first-order valence-electron chi connectivity index (χ1n) is 9.89. The molecule has 1 aromatic rings. The summed E-state index contributed by atoms with van der Waals surface area (Å²) in [6.07, 6.45) is 3.27. The molecule has 160 valence electrons. The van der Waals surface area contributed by atoms with Crippen molar-refractivity contribution in [3.05, 3.63) is 22.9 Å². The molecule has 0 spiro atoms. The maximum atomic E-state index is 12.4. The summed E-state index contributed by atoms with van der Waals surface area (Å²) < 4.78 is 5.30. The fourth-order valence-electron chi connectivity index (χ4n) is 3.48. The third-order valence-corrected chi connectivity index (χ3v) is 6.27. The Kier molecular flexibility index (Phi) is 6.30. The number of ether oxygens (including phenoxy) is 1. The Balaban J connectivity index is 1.34. The van der Waals surface area contributed by atoms with E-state index < -0.39 is 0 Å². The molecule has 1 aromatic heterocycles. The molecule has 3 amide bonds. The summed E-state index contributed by atoms with van der Waals surface area (Å²) in [5.41, 5.74) is 0.587. The second-order valence-corrected chi connectivity index (χ2v) is 8.27. The number of thioether (sulfide) groups is 1. The summed E-state index contributed by atoms with van der Waals surface area (Å²) in [5.74, 6) is 0.414. The van der Waals surface area contributed by atoms with E-state index in [1.165, 1.54) is 7.05 Å². The van der Waals surface area contributed by atoms with E-state index in [0.29, 0.717) is 62.5 Å². The highest BCUT2D eigenvalue weighted by atomic mass is 32.2. The Labute approximate surface area is 178 Å². The minimum atomic E-state index is -0.316. The van der Waals surface area contributed by atoms with Gasteiger partial charge in [-0.3, -0.25) is 24.2 Å². The first-order chi connectivity index (χ1) is 14.5.